The average molecular weight is 1080 g/mol. The van der Waals surface area contributed by atoms with E-state index in [-0.39, 0.29) is 43.1 Å². The number of hydrogen-bond acceptors (Lipinski definition) is 10. The van der Waals surface area contributed by atoms with Crippen LogP contribution in [0.15, 0.2) is 148 Å². The summed E-state index contributed by atoms with van der Waals surface area (Å²) in [5.41, 5.74) is 14.4. The van der Waals surface area contributed by atoms with Crippen molar-refractivity contribution in [3.8, 4) is 0 Å². The lowest BCUT2D eigenvalue weighted by molar-refractivity contribution is -0.385. The minimum absolute atomic E-state index is 0.00962. The van der Waals surface area contributed by atoms with Crippen molar-refractivity contribution >= 4 is 132 Å². The molecule has 0 atom stereocenters. The third kappa shape index (κ3) is 11.3. The van der Waals surface area contributed by atoms with E-state index < -0.39 is 58.1 Å². The molecular formula is C42H29Cl3F3N11O8S3. The molecule has 19 nitrogen and oxygen atoms in total. The zero-order valence-electron chi connectivity index (χ0n) is 34.7. The molecule has 8 N–H and O–H groups in total. The first-order valence-electron chi connectivity index (χ1n) is 19.3. The van der Waals surface area contributed by atoms with Crippen LogP contribution in [0.25, 0.3) is 43.2 Å². The predicted molar refractivity (Wildman–Crippen MR) is 261 cm³/mol. The molecular weight excluding hydrogens is 1050 g/mol. The number of nitrogen functional groups attached to an aromatic ring is 1. The van der Waals surface area contributed by atoms with Gasteiger partial charge in [0, 0.05) is 88.7 Å². The average Bonchev–Trinajstić information content (AvgIpc) is 4.04. The fraction of sp³-hybridized carbons (Fsp3) is 0. The number of aromatic amines is 3. The van der Waals surface area contributed by atoms with Crippen molar-refractivity contribution in [3.05, 3.63) is 181 Å². The fourth-order valence-corrected chi connectivity index (χ4v) is 10.8. The lowest BCUT2D eigenvalue weighted by Gasteiger charge is -2.08. The monoisotopic (exact) mass is 1070 g/mol. The highest BCUT2D eigenvalue weighted by molar-refractivity contribution is 7.93. The highest BCUT2D eigenvalue weighted by Crippen LogP contribution is 2.32. The van der Waals surface area contributed by atoms with Gasteiger partial charge in [-0.3, -0.25) is 24.3 Å². The molecule has 0 spiro atoms. The molecule has 0 fully saturated rings. The maximum Gasteiger partial charge on any atom is 0.272 e. The minimum Gasteiger partial charge on any atom is -0.399 e. The molecule has 3 heterocycles. The van der Waals surface area contributed by atoms with E-state index in [0.29, 0.717) is 53.8 Å². The summed E-state index contributed by atoms with van der Waals surface area (Å²) >= 11 is 17.6. The first-order chi connectivity index (χ1) is 33.0. The Hall–Kier alpha value is -7.64. The number of nitrogens with zero attached hydrogens (tertiary/aromatic N) is 4. The third-order valence-electron chi connectivity index (χ3n) is 9.69. The Bertz CT molecular complexity index is 3770. The van der Waals surface area contributed by atoms with Crippen LogP contribution >= 0.6 is 34.8 Å². The Morgan fingerprint density at radius 3 is 1.29 bits per heavy atom. The summed E-state index contributed by atoms with van der Waals surface area (Å²) in [6.07, 6.45) is 3.89. The van der Waals surface area contributed by atoms with Crippen LogP contribution in [0, 0.1) is 27.6 Å². The molecule has 0 aliphatic heterocycles. The van der Waals surface area contributed by atoms with Crippen LogP contribution < -0.4 is 19.9 Å². The van der Waals surface area contributed by atoms with E-state index in [1.807, 2.05) is 0 Å². The van der Waals surface area contributed by atoms with E-state index >= 15 is 0 Å². The van der Waals surface area contributed by atoms with Crippen molar-refractivity contribution in [2.75, 3.05) is 19.9 Å². The number of nitrogens with one attached hydrogen (secondary N) is 6. The Balaban J connectivity index is 0.000000155. The second kappa shape index (κ2) is 20.1. The number of nitro groups is 1. The first-order valence-corrected chi connectivity index (χ1v) is 24.9. The van der Waals surface area contributed by atoms with Gasteiger partial charge < -0.3 is 20.7 Å². The second-order valence-electron chi connectivity index (χ2n) is 14.4. The smallest absolute Gasteiger partial charge is 0.272 e. The summed E-state index contributed by atoms with van der Waals surface area (Å²) in [7, 11) is -12.1. The van der Waals surface area contributed by atoms with Crippen LogP contribution in [-0.4, -0.2) is 45.1 Å². The van der Waals surface area contributed by atoms with Crippen LogP contribution in [0.4, 0.5) is 47.3 Å². The van der Waals surface area contributed by atoms with E-state index in [2.05, 4.69) is 39.1 Å². The molecule has 0 saturated heterocycles. The summed E-state index contributed by atoms with van der Waals surface area (Å²) in [4.78, 5) is 20.7. The number of fused-ring (bicyclic) bond motifs is 3. The van der Waals surface area contributed by atoms with Crippen LogP contribution in [0.5, 0.6) is 0 Å². The number of rotatable bonds is 11. The molecule has 70 heavy (non-hydrogen) atoms. The van der Waals surface area contributed by atoms with Crippen LogP contribution in [-0.2, 0) is 30.1 Å². The van der Waals surface area contributed by atoms with E-state index in [1.165, 1.54) is 55.0 Å². The van der Waals surface area contributed by atoms with Crippen LogP contribution in [0.1, 0.15) is 0 Å². The number of aromatic nitrogens is 3. The number of nitrogens with two attached hydrogens (primary N) is 1. The molecule has 0 aliphatic rings. The van der Waals surface area contributed by atoms with Gasteiger partial charge in [0.15, 0.2) is 5.82 Å². The Morgan fingerprint density at radius 1 is 0.557 bits per heavy atom. The molecule has 9 aromatic rings. The molecule has 28 heteroatoms. The maximum absolute atomic E-state index is 14.0. The summed E-state index contributed by atoms with van der Waals surface area (Å²) in [6.45, 7) is 0. The zero-order valence-corrected chi connectivity index (χ0v) is 39.5. The molecule has 0 unspecified atom stereocenters. The number of non-ortho nitro benzene ring substituents is 1. The van der Waals surface area contributed by atoms with Crippen molar-refractivity contribution in [2.24, 2.45) is 5.11 Å². The Morgan fingerprint density at radius 2 is 0.929 bits per heavy atom. The lowest BCUT2D eigenvalue weighted by atomic mass is 10.2. The van der Waals surface area contributed by atoms with E-state index in [1.54, 1.807) is 42.5 Å². The molecule has 0 aliphatic carbocycles. The first kappa shape index (κ1) is 50.2. The summed E-state index contributed by atoms with van der Waals surface area (Å²) in [6, 6.07) is 23.9. The second-order valence-corrected chi connectivity index (χ2v) is 20.6. The number of benzene rings is 6. The molecule has 0 saturated carbocycles. The summed E-state index contributed by atoms with van der Waals surface area (Å²) in [5, 5.41) is 16.5. The number of anilines is 4. The summed E-state index contributed by atoms with van der Waals surface area (Å²) in [5.74, 6) is -2.64. The largest absolute Gasteiger partial charge is 0.399 e. The van der Waals surface area contributed by atoms with Gasteiger partial charge in [-0.05, 0) is 96.5 Å². The van der Waals surface area contributed by atoms with Gasteiger partial charge in [0.1, 0.15) is 26.3 Å². The van der Waals surface area contributed by atoms with Crippen molar-refractivity contribution in [2.45, 2.75) is 14.7 Å². The molecule has 3 aromatic heterocycles. The van der Waals surface area contributed by atoms with Gasteiger partial charge in [0.05, 0.1) is 28.1 Å². The topological polar surface area (TPSA) is 304 Å². The van der Waals surface area contributed by atoms with Gasteiger partial charge in [-0.15, -0.1) is 0 Å². The fourth-order valence-electron chi connectivity index (χ4n) is 6.50. The van der Waals surface area contributed by atoms with Crippen molar-refractivity contribution in [1.82, 2.24) is 15.0 Å². The predicted octanol–water partition coefficient (Wildman–Crippen LogP) is 11.7. The number of H-pyrrole nitrogens is 3. The molecule has 0 amide bonds. The van der Waals surface area contributed by atoms with Crippen molar-refractivity contribution in [1.29, 1.82) is 0 Å². The molecule has 360 valence electrons. The third-order valence-corrected chi connectivity index (χ3v) is 14.6. The number of azide groups is 1. The highest BCUT2D eigenvalue weighted by atomic mass is 35.5. The number of sulfonamides is 3. The molecule has 9 rings (SSSR count). The van der Waals surface area contributed by atoms with Gasteiger partial charge in [-0.2, -0.15) is 0 Å². The normalized spacial score (nSPS) is 11.5. The minimum atomic E-state index is -4.10. The molecule has 6 aromatic carbocycles. The molecule has 0 radical (unpaired) electrons. The number of nitro benzene ring substituents is 1. The quantitative estimate of drug-likeness (QED) is 0.0161. The Labute approximate surface area is 408 Å². The van der Waals surface area contributed by atoms with Gasteiger partial charge in [0.2, 0.25) is 0 Å². The molecule has 0 bridgehead atoms. The number of hydrogen-bond donors (Lipinski definition) is 7. The van der Waals surface area contributed by atoms with E-state index in [9.17, 15) is 48.5 Å². The van der Waals surface area contributed by atoms with Crippen LogP contribution in [0.3, 0.4) is 0 Å². The van der Waals surface area contributed by atoms with Gasteiger partial charge >= 0.3 is 0 Å². The Kier molecular flexibility index (Phi) is 14.5. The van der Waals surface area contributed by atoms with Crippen LogP contribution in [0.2, 0.25) is 15.1 Å². The van der Waals surface area contributed by atoms with Crippen molar-refractivity contribution in [3.63, 3.8) is 0 Å². The maximum atomic E-state index is 14.0. The van der Waals surface area contributed by atoms with Crippen molar-refractivity contribution < 1.29 is 43.3 Å². The van der Waals surface area contributed by atoms with Gasteiger partial charge in [-0.1, -0.05) is 46.0 Å². The SMILES string of the molecule is Nc1ccc(NS(=O)(=O)c2c[nH]c3cc(Cl)ccc23)c(F)c1.O=[N+]([O-])c1ccc(NS(=O)(=O)c2c[nH]c3cc(Cl)ccc23)c(F)c1.[N-]=[N+]=Nc1ccc(NS(=O)(=O)c2c[nH]c3cc(Cl)ccc23)c(F)c1. The van der Waals surface area contributed by atoms with Gasteiger partial charge in [-0.25, -0.2) is 38.4 Å². The standard InChI is InChI=1S/C14H9ClFN5O2S.C14H9ClFN3O4S.C14H11ClFN3O2S/c15-8-1-3-10-13(5-8)18-7-14(10)24(22,23)20-12-4-2-9(19-21-17)6-11(12)16;15-8-1-3-10-13(5-8)17-7-14(10)24(22,23)18-12-4-2-9(19(20)21)6-11(12)16;15-8-1-3-10-13(5-8)18-7-14(10)22(20,21)19-12-4-2-9(17)6-11(12)16/h1-7,18,20H;1-7,17-18H;1-7,18-19H,17H2. The zero-order chi connectivity index (χ0) is 50.7. The summed E-state index contributed by atoms with van der Waals surface area (Å²) < 4.78 is 123. The lowest BCUT2D eigenvalue weighted by Crippen LogP contribution is -2.13. The van der Waals surface area contributed by atoms with E-state index in [4.69, 9.17) is 46.1 Å². The highest BCUT2D eigenvalue weighted by Gasteiger charge is 2.24. The van der Waals surface area contributed by atoms with E-state index in [0.717, 1.165) is 24.3 Å². The number of halogens is 6. The van der Waals surface area contributed by atoms with Gasteiger partial charge in [0.25, 0.3) is 35.8 Å².